The van der Waals surface area contributed by atoms with Gasteiger partial charge in [-0.25, -0.2) is 13.3 Å². The average molecular weight is 434 g/mol. The van der Waals surface area contributed by atoms with Crippen molar-refractivity contribution in [3.63, 3.8) is 0 Å². The lowest BCUT2D eigenvalue weighted by Crippen LogP contribution is -2.46. The monoisotopic (exact) mass is 433 g/mol. The summed E-state index contributed by atoms with van der Waals surface area (Å²) < 4.78 is 29.1. The van der Waals surface area contributed by atoms with Crippen molar-refractivity contribution in [1.82, 2.24) is 4.90 Å². The molecule has 0 saturated heterocycles. The molecule has 0 radical (unpaired) electrons. The third-order valence-electron chi connectivity index (χ3n) is 4.70. The molecule has 0 unspecified atom stereocenters. The van der Waals surface area contributed by atoms with Crippen molar-refractivity contribution in [3.8, 4) is 0 Å². The van der Waals surface area contributed by atoms with E-state index in [9.17, 15) is 13.2 Å². The van der Waals surface area contributed by atoms with E-state index in [-0.39, 0.29) is 21.7 Å². The maximum Gasteiger partial charge on any atom is 0.283 e. The first-order valence-corrected chi connectivity index (χ1v) is 11.6. The van der Waals surface area contributed by atoms with E-state index in [1.54, 1.807) is 19.9 Å². The minimum atomic E-state index is -3.73. The third kappa shape index (κ3) is 3.86. The highest BCUT2D eigenvalue weighted by Gasteiger charge is 2.43. The van der Waals surface area contributed by atoms with Gasteiger partial charge in [0, 0.05) is 18.8 Å². The second-order valence-corrected chi connectivity index (χ2v) is 9.89. The molecule has 2 heterocycles. The molecule has 0 atom stereocenters. The average Bonchev–Trinajstić information content (AvgIpc) is 3.11. The van der Waals surface area contributed by atoms with E-state index in [4.69, 9.17) is 5.41 Å². The molecule has 0 fully saturated rings. The maximum atomic E-state index is 12.6. The summed E-state index contributed by atoms with van der Waals surface area (Å²) in [7, 11) is -3.73. The molecule has 0 bridgehead atoms. The summed E-state index contributed by atoms with van der Waals surface area (Å²) in [5.41, 5.74) is 1.82. The molecule has 8 nitrogen and oxygen atoms in total. The summed E-state index contributed by atoms with van der Waals surface area (Å²) in [6, 6.07) is 7.62. The number of fused-ring (bicyclic) bond motifs is 1. The molecule has 1 aromatic carbocycles. The minimum absolute atomic E-state index is 0.0264. The zero-order valence-electron chi connectivity index (χ0n) is 16.7. The summed E-state index contributed by atoms with van der Waals surface area (Å²) in [5, 5.41) is 7.60. The van der Waals surface area contributed by atoms with Gasteiger partial charge >= 0.3 is 0 Å². The van der Waals surface area contributed by atoms with Crippen LogP contribution in [0.3, 0.4) is 0 Å². The molecule has 2 aliphatic rings. The zero-order valence-corrected chi connectivity index (χ0v) is 18.3. The summed E-state index contributed by atoms with van der Waals surface area (Å²) >= 11 is 0.795. The molecule has 2 aliphatic heterocycles. The van der Waals surface area contributed by atoms with E-state index in [0.717, 1.165) is 41.2 Å². The van der Waals surface area contributed by atoms with Gasteiger partial charge in [-0.15, -0.1) is 0 Å². The van der Waals surface area contributed by atoms with Gasteiger partial charge in [0.2, 0.25) is 20.2 Å². The fraction of sp³-hybridized carbons (Fsp3) is 0.368. The number of carbonyl (C=O) groups is 1. The van der Waals surface area contributed by atoms with Crippen LogP contribution in [-0.2, 0) is 14.6 Å². The number of aliphatic imine (C=N–C) groups is 1. The van der Waals surface area contributed by atoms with E-state index in [1.165, 1.54) is 0 Å². The van der Waals surface area contributed by atoms with Crippen LogP contribution in [0.2, 0.25) is 0 Å². The first kappa shape index (κ1) is 21.3. The van der Waals surface area contributed by atoms with Gasteiger partial charge in [-0.2, -0.15) is 9.39 Å². The Morgan fingerprint density at radius 1 is 1.21 bits per heavy atom. The summed E-state index contributed by atoms with van der Waals surface area (Å²) in [6.45, 7) is 9.02. The first-order valence-electron chi connectivity index (χ1n) is 9.28. The fourth-order valence-corrected chi connectivity index (χ4v) is 4.99. The summed E-state index contributed by atoms with van der Waals surface area (Å²) in [6.07, 6.45) is 1.56. The number of nitrogens with one attached hydrogen (secondary N) is 1. The minimum Gasteiger partial charge on any atom is -0.372 e. The van der Waals surface area contributed by atoms with Gasteiger partial charge in [-0.3, -0.25) is 10.2 Å². The second kappa shape index (κ2) is 8.11. The Kier molecular flexibility index (Phi) is 5.95. The lowest BCUT2D eigenvalue weighted by molar-refractivity contribution is -0.114. The Balaban J connectivity index is 1.95. The zero-order chi connectivity index (χ0) is 21.3. The van der Waals surface area contributed by atoms with Crippen LogP contribution >= 0.6 is 11.9 Å². The Morgan fingerprint density at radius 3 is 2.38 bits per heavy atom. The van der Waals surface area contributed by atoms with E-state index >= 15 is 0 Å². The number of hydrogen-bond donors (Lipinski definition) is 1. The Morgan fingerprint density at radius 2 is 1.83 bits per heavy atom. The van der Waals surface area contributed by atoms with Crippen LogP contribution < -0.4 is 4.90 Å². The van der Waals surface area contributed by atoms with Gasteiger partial charge in [0.15, 0.2) is 0 Å². The highest BCUT2D eigenvalue weighted by atomic mass is 32.2. The highest BCUT2D eigenvalue weighted by Crippen LogP contribution is 2.31. The third-order valence-corrected chi connectivity index (χ3v) is 7.54. The summed E-state index contributed by atoms with van der Waals surface area (Å²) in [4.78, 5) is 19.7. The van der Waals surface area contributed by atoms with Crippen LogP contribution in [0.25, 0.3) is 6.08 Å². The van der Waals surface area contributed by atoms with E-state index in [0.29, 0.717) is 0 Å². The smallest absolute Gasteiger partial charge is 0.283 e. The molecule has 0 spiro atoms. The fourth-order valence-electron chi connectivity index (χ4n) is 2.93. The topological polar surface area (TPSA) is 106 Å². The molecule has 10 heteroatoms. The molecular formula is C19H23N5O3S2. The van der Waals surface area contributed by atoms with Crippen molar-refractivity contribution in [2.24, 2.45) is 9.39 Å². The van der Waals surface area contributed by atoms with Crippen molar-refractivity contribution >= 4 is 55.6 Å². The number of carbonyl (C=O) groups excluding carboxylic acids is 1. The molecule has 0 aliphatic carbocycles. The molecule has 3 rings (SSSR count). The quantitative estimate of drug-likeness (QED) is 0.565. The van der Waals surface area contributed by atoms with Crippen molar-refractivity contribution in [1.29, 1.82) is 5.41 Å². The van der Waals surface area contributed by atoms with Crippen molar-refractivity contribution in [3.05, 3.63) is 35.4 Å². The lowest BCUT2D eigenvalue weighted by atomic mass is 10.1. The molecule has 0 saturated carbocycles. The van der Waals surface area contributed by atoms with Crippen LogP contribution in [0.4, 0.5) is 5.69 Å². The number of rotatable bonds is 5. The van der Waals surface area contributed by atoms with Crippen LogP contribution in [0.1, 0.15) is 33.3 Å². The molecule has 1 aromatic rings. The van der Waals surface area contributed by atoms with Gasteiger partial charge in [0.1, 0.15) is 5.84 Å². The van der Waals surface area contributed by atoms with Crippen molar-refractivity contribution in [2.45, 2.75) is 32.9 Å². The highest BCUT2D eigenvalue weighted by molar-refractivity contribution is 8.16. The number of amidine groups is 3. The second-order valence-electron chi connectivity index (χ2n) is 6.76. The maximum absolute atomic E-state index is 12.6. The van der Waals surface area contributed by atoms with Gasteiger partial charge in [0.05, 0.1) is 22.8 Å². The van der Waals surface area contributed by atoms with Gasteiger partial charge in [-0.05, 0) is 51.5 Å². The SMILES string of the molecule is CCN(CC)c1ccc(/C=C2/C(=N)N3C(=NC2=O)SN=C3S(=O)(=O)C(C)C)cc1. The number of amides is 1. The van der Waals surface area contributed by atoms with Crippen molar-refractivity contribution in [2.75, 3.05) is 18.0 Å². The van der Waals surface area contributed by atoms with Gasteiger partial charge in [-0.1, -0.05) is 12.1 Å². The predicted molar refractivity (Wildman–Crippen MR) is 119 cm³/mol. The number of hydrogen-bond acceptors (Lipinski definition) is 7. The molecule has 29 heavy (non-hydrogen) atoms. The van der Waals surface area contributed by atoms with Crippen LogP contribution in [0.15, 0.2) is 39.2 Å². The Labute approximate surface area is 175 Å². The molecule has 154 valence electrons. The number of nitrogens with zero attached hydrogens (tertiary/aromatic N) is 4. The molecule has 1 amide bonds. The number of sulfone groups is 1. The van der Waals surface area contributed by atoms with Crippen LogP contribution in [-0.4, -0.2) is 53.7 Å². The van der Waals surface area contributed by atoms with Crippen molar-refractivity contribution < 1.29 is 13.2 Å². The van der Waals surface area contributed by atoms with Crippen LogP contribution in [0, 0.1) is 5.41 Å². The molecule has 1 N–H and O–H groups in total. The molecule has 0 aromatic heterocycles. The predicted octanol–water partition coefficient (Wildman–Crippen LogP) is 2.93. The van der Waals surface area contributed by atoms with Crippen LogP contribution in [0.5, 0.6) is 0 Å². The normalized spacial score (nSPS) is 18.2. The molecular weight excluding hydrogens is 410 g/mol. The van der Waals surface area contributed by atoms with E-state index < -0.39 is 21.0 Å². The van der Waals surface area contributed by atoms with E-state index in [2.05, 4.69) is 28.1 Å². The Hall–Kier alpha value is -2.46. The van der Waals surface area contributed by atoms with E-state index in [1.807, 2.05) is 24.3 Å². The Bertz CT molecular complexity index is 1040. The first-order chi connectivity index (χ1) is 13.7. The number of anilines is 1. The standard InChI is InChI=1S/C19H23N5O3S2/c1-5-23(6-2)14-9-7-13(8-10-14)11-15-16(20)24-18(21-17(15)25)28-22-19(24)29(26,27)12(3)4/h7-12,20H,5-6H2,1-4H3/b15-11-,20-16?. The van der Waals surface area contributed by atoms with Gasteiger partial charge in [0.25, 0.3) is 5.91 Å². The summed E-state index contributed by atoms with van der Waals surface area (Å²) in [5.74, 6) is -0.819. The largest absolute Gasteiger partial charge is 0.372 e. The lowest BCUT2D eigenvalue weighted by Gasteiger charge is -2.25. The van der Waals surface area contributed by atoms with Gasteiger partial charge < -0.3 is 4.90 Å². The number of benzene rings is 1.